The molecule has 3 heteroatoms. The predicted molar refractivity (Wildman–Crippen MR) is 90.5 cm³/mol. The molecule has 0 spiro atoms. The van der Waals surface area contributed by atoms with Gasteiger partial charge in [0.25, 0.3) is 0 Å². The Morgan fingerprint density at radius 3 is 2.00 bits per heavy atom. The standard InChI is InChI=1S/C16H28OSi2/c1-18(2,3)15-10-13-9-12(7-8-17)14(13)11-16(15)19(4,5)6/h10-12,17H,7-9H2,1-6H3. The Hall–Kier alpha value is -0.386. The zero-order valence-corrected chi connectivity index (χ0v) is 15.3. The number of aliphatic hydroxyl groups is 1. The minimum absolute atomic E-state index is 0.322. The maximum atomic E-state index is 9.16. The van der Waals surface area contributed by atoms with Crippen LogP contribution in [-0.2, 0) is 6.42 Å². The third-order valence-electron chi connectivity index (χ3n) is 4.28. The third kappa shape index (κ3) is 2.88. The molecular weight excluding hydrogens is 264 g/mol. The van der Waals surface area contributed by atoms with Crippen LogP contribution in [0.2, 0.25) is 39.3 Å². The van der Waals surface area contributed by atoms with E-state index in [-0.39, 0.29) is 0 Å². The van der Waals surface area contributed by atoms with E-state index in [9.17, 15) is 0 Å². The Bertz CT molecular complexity index is 481. The van der Waals surface area contributed by atoms with Crippen molar-refractivity contribution >= 4 is 26.5 Å². The number of benzene rings is 1. The van der Waals surface area contributed by atoms with Gasteiger partial charge in [-0.3, -0.25) is 0 Å². The molecule has 106 valence electrons. The highest BCUT2D eigenvalue weighted by molar-refractivity contribution is 6.98. The second-order valence-electron chi connectivity index (χ2n) is 8.01. The van der Waals surface area contributed by atoms with Crippen LogP contribution in [-0.4, -0.2) is 27.9 Å². The quantitative estimate of drug-likeness (QED) is 0.846. The molecule has 1 aliphatic carbocycles. The van der Waals surface area contributed by atoms with E-state index in [1.54, 1.807) is 15.9 Å². The van der Waals surface area contributed by atoms with E-state index in [0.717, 1.165) is 6.42 Å². The SMILES string of the molecule is C[Si](C)(C)c1cc2c(cc1[Si](C)(C)C)C(CCO)C2. The van der Waals surface area contributed by atoms with Crippen LogP contribution in [0.15, 0.2) is 12.1 Å². The minimum Gasteiger partial charge on any atom is -0.396 e. The van der Waals surface area contributed by atoms with E-state index in [1.165, 1.54) is 12.0 Å². The predicted octanol–water partition coefficient (Wildman–Crippen LogP) is 2.80. The van der Waals surface area contributed by atoms with Gasteiger partial charge in [0.2, 0.25) is 0 Å². The highest BCUT2D eigenvalue weighted by Gasteiger charge is 2.33. The second kappa shape index (κ2) is 4.86. The minimum atomic E-state index is -1.29. The molecule has 0 amide bonds. The number of aliphatic hydroxyl groups excluding tert-OH is 1. The lowest BCUT2D eigenvalue weighted by Crippen LogP contribution is -2.57. The lowest BCUT2D eigenvalue weighted by atomic mass is 9.76. The van der Waals surface area contributed by atoms with Crippen molar-refractivity contribution in [2.45, 2.75) is 58.0 Å². The van der Waals surface area contributed by atoms with Gasteiger partial charge in [0.1, 0.15) is 0 Å². The van der Waals surface area contributed by atoms with E-state index in [4.69, 9.17) is 5.11 Å². The molecule has 0 aromatic heterocycles. The van der Waals surface area contributed by atoms with Crippen molar-refractivity contribution in [3.05, 3.63) is 23.3 Å². The van der Waals surface area contributed by atoms with Gasteiger partial charge in [-0.1, -0.05) is 61.8 Å². The molecular formula is C16H28OSi2. The molecule has 0 fully saturated rings. The summed E-state index contributed by atoms with van der Waals surface area (Å²) < 4.78 is 0. The van der Waals surface area contributed by atoms with Crippen molar-refractivity contribution in [3.8, 4) is 0 Å². The van der Waals surface area contributed by atoms with Crippen molar-refractivity contribution < 1.29 is 5.11 Å². The average Bonchev–Trinajstić information content (AvgIpc) is 2.22. The first-order valence-electron chi connectivity index (χ1n) is 7.43. The number of hydrogen-bond donors (Lipinski definition) is 1. The fraction of sp³-hybridized carbons (Fsp3) is 0.625. The summed E-state index contributed by atoms with van der Waals surface area (Å²) in [7, 11) is -2.55. The van der Waals surface area contributed by atoms with Crippen LogP contribution in [0.25, 0.3) is 0 Å². The van der Waals surface area contributed by atoms with E-state index in [2.05, 4.69) is 51.4 Å². The van der Waals surface area contributed by atoms with Gasteiger partial charge >= 0.3 is 0 Å². The number of hydrogen-bond acceptors (Lipinski definition) is 1. The molecule has 1 aliphatic rings. The van der Waals surface area contributed by atoms with Crippen molar-refractivity contribution in [1.29, 1.82) is 0 Å². The Balaban J connectivity index is 2.51. The summed E-state index contributed by atoms with van der Waals surface area (Å²) >= 11 is 0. The smallest absolute Gasteiger partial charge is 0.0774 e. The fourth-order valence-electron chi connectivity index (χ4n) is 3.12. The van der Waals surface area contributed by atoms with Gasteiger partial charge in [0.05, 0.1) is 16.1 Å². The van der Waals surface area contributed by atoms with Crippen molar-refractivity contribution in [1.82, 2.24) is 0 Å². The van der Waals surface area contributed by atoms with E-state index >= 15 is 0 Å². The van der Waals surface area contributed by atoms with Crippen LogP contribution in [0, 0.1) is 0 Å². The van der Waals surface area contributed by atoms with E-state index in [0.29, 0.717) is 12.5 Å². The van der Waals surface area contributed by atoms with E-state index in [1.807, 2.05) is 0 Å². The molecule has 1 nitrogen and oxygen atoms in total. The van der Waals surface area contributed by atoms with Gasteiger partial charge in [-0.2, -0.15) is 0 Å². The first-order valence-corrected chi connectivity index (χ1v) is 14.4. The second-order valence-corrected chi connectivity index (χ2v) is 18.1. The lowest BCUT2D eigenvalue weighted by molar-refractivity contribution is 0.270. The summed E-state index contributed by atoms with van der Waals surface area (Å²) in [5.41, 5.74) is 3.09. The first-order chi connectivity index (χ1) is 8.64. The normalized spacial score (nSPS) is 19.0. The van der Waals surface area contributed by atoms with Crippen LogP contribution in [0.3, 0.4) is 0 Å². The third-order valence-corrected chi connectivity index (χ3v) is 8.59. The van der Waals surface area contributed by atoms with Gasteiger partial charge in [0, 0.05) is 6.61 Å². The van der Waals surface area contributed by atoms with Gasteiger partial charge in [-0.25, -0.2) is 0 Å². The average molecular weight is 293 g/mol. The van der Waals surface area contributed by atoms with Gasteiger partial charge < -0.3 is 5.11 Å². The Morgan fingerprint density at radius 1 is 1.00 bits per heavy atom. The van der Waals surface area contributed by atoms with Gasteiger partial charge in [-0.15, -0.1) is 0 Å². The van der Waals surface area contributed by atoms with Crippen LogP contribution in [0.1, 0.15) is 23.5 Å². The summed E-state index contributed by atoms with van der Waals surface area (Å²) in [4.78, 5) is 0. The van der Waals surface area contributed by atoms with Crippen molar-refractivity contribution in [2.24, 2.45) is 0 Å². The number of fused-ring (bicyclic) bond motifs is 1. The first kappa shape index (κ1) is 15.0. The molecule has 1 unspecified atom stereocenters. The monoisotopic (exact) mass is 292 g/mol. The van der Waals surface area contributed by atoms with E-state index < -0.39 is 16.1 Å². The number of rotatable bonds is 4. The molecule has 0 aliphatic heterocycles. The highest BCUT2D eigenvalue weighted by atomic mass is 28.3. The van der Waals surface area contributed by atoms with Crippen LogP contribution in [0.4, 0.5) is 0 Å². The largest absolute Gasteiger partial charge is 0.396 e. The summed E-state index contributed by atoms with van der Waals surface area (Å²) in [5.74, 6) is 0.616. The molecule has 0 saturated carbocycles. The summed E-state index contributed by atoms with van der Waals surface area (Å²) in [6.07, 6.45) is 2.11. The van der Waals surface area contributed by atoms with Crippen LogP contribution < -0.4 is 10.4 Å². The van der Waals surface area contributed by atoms with Gasteiger partial charge in [-0.05, 0) is 29.9 Å². The van der Waals surface area contributed by atoms with Crippen LogP contribution in [0.5, 0.6) is 0 Å². The highest BCUT2D eigenvalue weighted by Crippen LogP contribution is 2.37. The summed E-state index contributed by atoms with van der Waals surface area (Å²) in [6, 6.07) is 5.03. The molecule has 0 bridgehead atoms. The fourth-order valence-corrected chi connectivity index (χ4v) is 8.32. The molecule has 1 aromatic rings. The summed E-state index contributed by atoms with van der Waals surface area (Å²) in [6.45, 7) is 15.1. The maximum absolute atomic E-state index is 9.16. The Labute approximate surface area is 120 Å². The van der Waals surface area contributed by atoms with Crippen LogP contribution >= 0.6 is 0 Å². The zero-order valence-electron chi connectivity index (χ0n) is 13.3. The topological polar surface area (TPSA) is 20.2 Å². The molecule has 1 atom stereocenters. The zero-order chi connectivity index (χ0) is 14.4. The van der Waals surface area contributed by atoms with Gasteiger partial charge in [0.15, 0.2) is 0 Å². The molecule has 1 N–H and O–H groups in total. The van der Waals surface area contributed by atoms with Crippen molar-refractivity contribution in [2.75, 3.05) is 6.61 Å². The molecule has 0 saturated heterocycles. The molecule has 19 heavy (non-hydrogen) atoms. The summed E-state index contributed by atoms with van der Waals surface area (Å²) in [5, 5.41) is 12.5. The molecule has 2 rings (SSSR count). The lowest BCUT2D eigenvalue weighted by Gasteiger charge is -2.36. The molecule has 0 radical (unpaired) electrons. The molecule has 0 heterocycles. The Morgan fingerprint density at radius 2 is 1.53 bits per heavy atom. The maximum Gasteiger partial charge on any atom is 0.0774 e. The van der Waals surface area contributed by atoms with Crippen molar-refractivity contribution in [3.63, 3.8) is 0 Å². The molecule has 1 aromatic carbocycles. The Kier molecular flexibility index (Phi) is 3.84.